The SMILES string of the molecule is CC(=O)NCCOC[C@]1(O)CCCC[C@H]1n1cnc(C(=O)N2CCNC[C@H]2Cc2ccccc2)c1-c1ccccc1.O=C(O)C(F)(F)F. The van der Waals surface area contributed by atoms with Crippen molar-refractivity contribution in [3.8, 4) is 11.3 Å². The second-order valence-electron chi connectivity index (χ2n) is 12.0. The van der Waals surface area contributed by atoms with Gasteiger partial charge in [-0.1, -0.05) is 73.5 Å². The number of carbonyl (C=O) groups is 3. The Morgan fingerprint density at radius 2 is 1.75 bits per heavy atom. The van der Waals surface area contributed by atoms with Crippen molar-refractivity contribution in [2.75, 3.05) is 39.4 Å². The largest absolute Gasteiger partial charge is 0.490 e. The van der Waals surface area contributed by atoms with Crippen LogP contribution in [0.15, 0.2) is 67.0 Å². The second-order valence-corrected chi connectivity index (χ2v) is 12.0. The third kappa shape index (κ3) is 9.64. The molecular formula is C34H42F3N5O6. The van der Waals surface area contributed by atoms with Gasteiger partial charge in [0.05, 0.1) is 31.3 Å². The van der Waals surface area contributed by atoms with E-state index in [1.807, 2.05) is 58.0 Å². The van der Waals surface area contributed by atoms with Crippen LogP contribution in [0, 0.1) is 0 Å². The zero-order valence-corrected chi connectivity index (χ0v) is 26.8. The molecule has 1 aliphatic carbocycles. The van der Waals surface area contributed by atoms with Crippen molar-refractivity contribution < 1.29 is 42.5 Å². The summed E-state index contributed by atoms with van der Waals surface area (Å²) >= 11 is 0. The van der Waals surface area contributed by atoms with Gasteiger partial charge in [-0.15, -0.1) is 0 Å². The van der Waals surface area contributed by atoms with Crippen molar-refractivity contribution in [2.24, 2.45) is 0 Å². The summed E-state index contributed by atoms with van der Waals surface area (Å²) in [7, 11) is 0. The number of ether oxygens (including phenoxy) is 1. The number of halogens is 3. The fourth-order valence-corrected chi connectivity index (χ4v) is 6.19. The van der Waals surface area contributed by atoms with Crippen molar-refractivity contribution in [3.05, 3.63) is 78.2 Å². The molecule has 1 aromatic heterocycles. The number of carboxylic acid groups (broad SMARTS) is 1. The number of nitrogens with one attached hydrogen (secondary N) is 2. The van der Waals surface area contributed by atoms with Crippen LogP contribution >= 0.6 is 0 Å². The summed E-state index contributed by atoms with van der Waals surface area (Å²) < 4.78 is 39.6. The quantitative estimate of drug-likeness (QED) is 0.238. The van der Waals surface area contributed by atoms with E-state index in [4.69, 9.17) is 19.6 Å². The van der Waals surface area contributed by atoms with Gasteiger partial charge in [-0.3, -0.25) is 9.59 Å². The van der Waals surface area contributed by atoms with Crippen LogP contribution in [0.1, 0.15) is 54.7 Å². The summed E-state index contributed by atoms with van der Waals surface area (Å²) in [6.45, 7) is 4.38. The predicted octanol–water partition coefficient (Wildman–Crippen LogP) is 3.84. The van der Waals surface area contributed by atoms with E-state index in [0.717, 1.165) is 50.0 Å². The van der Waals surface area contributed by atoms with E-state index in [9.17, 15) is 27.9 Å². The summed E-state index contributed by atoms with van der Waals surface area (Å²) in [5.74, 6) is -2.95. The first-order valence-electron chi connectivity index (χ1n) is 15.9. The number of amides is 2. The van der Waals surface area contributed by atoms with E-state index in [-0.39, 0.29) is 30.5 Å². The van der Waals surface area contributed by atoms with Crippen molar-refractivity contribution >= 4 is 17.8 Å². The molecule has 4 N–H and O–H groups in total. The van der Waals surface area contributed by atoms with Crippen LogP contribution in [0.5, 0.6) is 0 Å². The lowest BCUT2D eigenvalue weighted by atomic mass is 9.80. The molecule has 1 saturated carbocycles. The molecule has 2 aliphatic rings. The highest BCUT2D eigenvalue weighted by molar-refractivity contribution is 5.98. The molecule has 2 heterocycles. The summed E-state index contributed by atoms with van der Waals surface area (Å²) in [5, 5.41) is 25.2. The monoisotopic (exact) mass is 673 g/mol. The highest BCUT2D eigenvalue weighted by atomic mass is 19.4. The Labute approximate surface area is 277 Å². The average Bonchev–Trinajstić information content (AvgIpc) is 3.50. The number of benzene rings is 2. The van der Waals surface area contributed by atoms with Crippen LogP contribution in [0.2, 0.25) is 0 Å². The molecule has 2 aromatic carbocycles. The third-order valence-corrected chi connectivity index (χ3v) is 8.48. The van der Waals surface area contributed by atoms with Gasteiger partial charge in [-0.05, 0) is 24.8 Å². The lowest BCUT2D eigenvalue weighted by Crippen LogP contribution is -2.54. The standard InChI is InChI=1S/C32H41N5O4.C2HF3O2/c1-24(38)34-17-19-41-22-32(40)15-9-8-14-28(32)37-23-35-29(30(37)26-12-6-3-7-13-26)31(39)36-18-16-33-21-27(36)20-25-10-4-2-5-11-25;3-2(4,5)1(6)7/h2-7,10-13,23,27-28,33,40H,8-9,14-22H2,1H3,(H,34,38);(H,6,7)/t27-,28-,32-;/m1./s1. The van der Waals surface area contributed by atoms with Gasteiger partial charge in [0.1, 0.15) is 5.60 Å². The number of imidazole rings is 1. The minimum Gasteiger partial charge on any atom is -0.475 e. The summed E-state index contributed by atoms with van der Waals surface area (Å²) in [6.07, 6.45) is 0.599. The topological polar surface area (TPSA) is 146 Å². The smallest absolute Gasteiger partial charge is 0.475 e. The maximum atomic E-state index is 14.3. The fourth-order valence-electron chi connectivity index (χ4n) is 6.19. The van der Waals surface area contributed by atoms with Gasteiger partial charge in [-0.2, -0.15) is 13.2 Å². The Morgan fingerprint density at radius 1 is 1.08 bits per heavy atom. The molecule has 14 heteroatoms. The molecule has 1 aliphatic heterocycles. The van der Waals surface area contributed by atoms with Crippen LogP contribution in [-0.4, -0.2) is 99.7 Å². The molecule has 2 amide bonds. The number of alkyl halides is 3. The van der Waals surface area contributed by atoms with Crippen molar-refractivity contribution in [3.63, 3.8) is 0 Å². The maximum absolute atomic E-state index is 14.3. The van der Waals surface area contributed by atoms with Gasteiger partial charge in [0, 0.05) is 44.7 Å². The van der Waals surface area contributed by atoms with Gasteiger partial charge in [0.2, 0.25) is 5.91 Å². The molecule has 1 saturated heterocycles. The first-order chi connectivity index (χ1) is 22.9. The number of piperazine rings is 1. The minimum absolute atomic E-state index is 0.0102. The molecular weight excluding hydrogens is 631 g/mol. The van der Waals surface area contributed by atoms with E-state index >= 15 is 0 Å². The molecule has 0 unspecified atom stereocenters. The van der Waals surface area contributed by atoms with Gasteiger partial charge in [-0.25, -0.2) is 9.78 Å². The van der Waals surface area contributed by atoms with E-state index in [1.165, 1.54) is 12.5 Å². The van der Waals surface area contributed by atoms with Crippen LogP contribution in [0.25, 0.3) is 11.3 Å². The number of aromatic nitrogens is 2. The number of nitrogens with zero attached hydrogens (tertiary/aromatic N) is 3. The number of hydrogen-bond acceptors (Lipinski definition) is 7. The molecule has 0 radical (unpaired) electrons. The maximum Gasteiger partial charge on any atom is 0.490 e. The molecule has 2 fully saturated rings. The fraction of sp³-hybridized carbons (Fsp3) is 0.471. The number of aliphatic carboxylic acids is 1. The van der Waals surface area contributed by atoms with Crippen molar-refractivity contribution in [2.45, 2.75) is 62.9 Å². The zero-order chi connectivity index (χ0) is 34.7. The first-order valence-corrected chi connectivity index (χ1v) is 15.9. The van der Waals surface area contributed by atoms with Crippen molar-refractivity contribution in [1.29, 1.82) is 0 Å². The summed E-state index contributed by atoms with van der Waals surface area (Å²) in [5.41, 5.74) is 2.11. The molecule has 260 valence electrons. The van der Waals surface area contributed by atoms with E-state index in [1.54, 1.807) is 6.33 Å². The van der Waals surface area contributed by atoms with Gasteiger partial charge in [0.15, 0.2) is 5.69 Å². The molecule has 11 nitrogen and oxygen atoms in total. The lowest BCUT2D eigenvalue weighted by Gasteiger charge is -2.41. The predicted molar refractivity (Wildman–Crippen MR) is 171 cm³/mol. The number of aliphatic hydroxyl groups is 1. The Morgan fingerprint density at radius 3 is 2.40 bits per heavy atom. The Hall–Kier alpha value is -4.27. The van der Waals surface area contributed by atoms with E-state index < -0.39 is 17.7 Å². The highest BCUT2D eigenvalue weighted by Gasteiger charge is 2.43. The normalized spacial score (nSPS) is 21.1. The minimum atomic E-state index is -5.08. The molecule has 5 rings (SSSR count). The number of rotatable bonds is 10. The molecule has 3 aromatic rings. The average molecular weight is 674 g/mol. The van der Waals surface area contributed by atoms with Crippen LogP contribution in [-0.2, 0) is 20.7 Å². The van der Waals surface area contributed by atoms with E-state index in [0.29, 0.717) is 31.8 Å². The van der Waals surface area contributed by atoms with Gasteiger partial charge in [0.25, 0.3) is 5.91 Å². The number of carboxylic acids is 1. The van der Waals surface area contributed by atoms with Crippen LogP contribution in [0.4, 0.5) is 13.2 Å². The van der Waals surface area contributed by atoms with Crippen LogP contribution < -0.4 is 10.6 Å². The van der Waals surface area contributed by atoms with Crippen LogP contribution in [0.3, 0.4) is 0 Å². The van der Waals surface area contributed by atoms with E-state index in [2.05, 4.69) is 22.8 Å². The number of hydrogen-bond donors (Lipinski definition) is 4. The van der Waals surface area contributed by atoms with Crippen molar-refractivity contribution in [1.82, 2.24) is 25.1 Å². The summed E-state index contributed by atoms with van der Waals surface area (Å²) in [6, 6.07) is 19.8. The number of carbonyl (C=O) groups excluding carboxylic acids is 2. The molecule has 0 spiro atoms. The molecule has 0 bridgehead atoms. The Kier molecular flexibility index (Phi) is 12.7. The lowest BCUT2D eigenvalue weighted by molar-refractivity contribution is -0.192. The van der Waals surface area contributed by atoms with Gasteiger partial charge < -0.3 is 35.1 Å². The first kappa shape index (κ1) is 36.6. The second kappa shape index (κ2) is 16.7. The molecule has 3 atom stereocenters. The highest BCUT2D eigenvalue weighted by Crippen LogP contribution is 2.41. The van der Waals surface area contributed by atoms with Gasteiger partial charge >= 0.3 is 12.1 Å². The third-order valence-electron chi connectivity index (χ3n) is 8.48. The molecule has 48 heavy (non-hydrogen) atoms. The Bertz CT molecular complexity index is 1500. The summed E-state index contributed by atoms with van der Waals surface area (Å²) in [4.78, 5) is 41.0. The Balaban J connectivity index is 0.000000671. The zero-order valence-electron chi connectivity index (χ0n) is 26.8.